The van der Waals surface area contributed by atoms with E-state index in [1.165, 1.54) is 24.3 Å². The van der Waals surface area contributed by atoms with Crippen LogP contribution in [0, 0.1) is 5.92 Å². The fourth-order valence-corrected chi connectivity index (χ4v) is 3.18. The van der Waals surface area contributed by atoms with Crippen LogP contribution in [0.1, 0.15) is 24.5 Å². The summed E-state index contributed by atoms with van der Waals surface area (Å²) in [6.45, 7) is 0.952. The lowest BCUT2D eigenvalue weighted by Gasteiger charge is -2.19. The minimum atomic E-state index is 0.773. The third-order valence-electron chi connectivity index (χ3n) is 2.94. The number of likely N-dealkylation sites (N-methyl/N-ethyl adjacent to an activating group) is 1. The highest BCUT2D eigenvalue weighted by Gasteiger charge is 2.16. The van der Waals surface area contributed by atoms with E-state index >= 15 is 0 Å². The first-order valence-electron chi connectivity index (χ1n) is 6.04. The van der Waals surface area contributed by atoms with Gasteiger partial charge in [-0.25, -0.2) is 4.98 Å². The standard InChI is InChI=1S/C12H20N2OS/c1-13-5-4-11-8-14-12(15-11)7-10-3-2-6-16-9-10/h8,10,13H,2-7,9H2,1H3. The molecule has 0 bridgehead atoms. The SMILES string of the molecule is CNCCc1cnc(CC2CCCSC2)o1. The summed E-state index contributed by atoms with van der Waals surface area (Å²) in [7, 11) is 1.95. The van der Waals surface area contributed by atoms with Crippen molar-refractivity contribution in [3.63, 3.8) is 0 Å². The molecule has 1 fully saturated rings. The lowest BCUT2D eigenvalue weighted by molar-refractivity contribution is 0.405. The fraction of sp³-hybridized carbons (Fsp3) is 0.750. The van der Waals surface area contributed by atoms with Crippen LogP contribution < -0.4 is 5.32 Å². The van der Waals surface area contributed by atoms with Gasteiger partial charge in [-0.2, -0.15) is 11.8 Å². The van der Waals surface area contributed by atoms with Crippen molar-refractivity contribution >= 4 is 11.8 Å². The highest BCUT2D eigenvalue weighted by molar-refractivity contribution is 7.99. The predicted octanol–water partition coefficient (Wildman–Crippen LogP) is 2.12. The molecule has 1 aromatic heterocycles. The van der Waals surface area contributed by atoms with Gasteiger partial charge in [0.05, 0.1) is 6.20 Å². The molecule has 0 saturated carbocycles. The van der Waals surface area contributed by atoms with Crippen LogP contribution >= 0.6 is 11.8 Å². The van der Waals surface area contributed by atoms with Gasteiger partial charge in [-0.15, -0.1) is 0 Å². The number of nitrogens with zero attached hydrogens (tertiary/aromatic N) is 1. The smallest absolute Gasteiger partial charge is 0.194 e. The number of aromatic nitrogens is 1. The molecule has 1 saturated heterocycles. The number of hydrogen-bond acceptors (Lipinski definition) is 4. The Labute approximate surface area is 101 Å². The molecule has 0 aromatic carbocycles. The average molecular weight is 240 g/mol. The molecular weight excluding hydrogens is 220 g/mol. The topological polar surface area (TPSA) is 38.1 Å². The molecule has 2 rings (SSSR count). The first kappa shape index (κ1) is 12.0. The monoisotopic (exact) mass is 240 g/mol. The lowest BCUT2D eigenvalue weighted by atomic mass is 10.0. The summed E-state index contributed by atoms with van der Waals surface area (Å²) in [6.07, 6.45) is 6.52. The van der Waals surface area contributed by atoms with Crippen molar-refractivity contribution in [2.75, 3.05) is 25.1 Å². The van der Waals surface area contributed by atoms with E-state index < -0.39 is 0 Å². The Hall–Kier alpha value is -0.480. The second-order valence-corrected chi connectivity index (χ2v) is 5.51. The minimum Gasteiger partial charge on any atom is -0.446 e. The number of hydrogen-bond donors (Lipinski definition) is 1. The van der Waals surface area contributed by atoms with Crippen LogP contribution in [0.3, 0.4) is 0 Å². The van der Waals surface area contributed by atoms with Gasteiger partial charge in [0.2, 0.25) is 0 Å². The molecule has 3 nitrogen and oxygen atoms in total. The fourth-order valence-electron chi connectivity index (χ4n) is 2.02. The van der Waals surface area contributed by atoms with Crippen LogP contribution in [-0.4, -0.2) is 30.1 Å². The Morgan fingerprint density at radius 3 is 3.31 bits per heavy atom. The number of nitrogens with one attached hydrogen (secondary N) is 1. The average Bonchev–Trinajstić information content (AvgIpc) is 2.75. The number of rotatable bonds is 5. The molecular formula is C12H20N2OS. The van der Waals surface area contributed by atoms with Crippen molar-refractivity contribution in [2.45, 2.75) is 25.7 Å². The largest absolute Gasteiger partial charge is 0.446 e. The summed E-state index contributed by atoms with van der Waals surface area (Å²) >= 11 is 2.06. The Kier molecular flexibility index (Phi) is 4.72. The van der Waals surface area contributed by atoms with E-state index in [9.17, 15) is 0 Å². The second kappa shape index (κ2) is 6.30. The van der Waals surface area contributed by atoms with Crippen molar-refractivity contribution in [3.05, 3.63) is 17.8 Å². The maximum absolute atomic E-state index is 5.73. The maximum atomic E-state index is 5.73. The van der Waals surface area contributed by atoms with E-state index in [2.05, 4.69) is 22.1 Å². The number of thioether (sulfide) groups is 1. The summed E-state index contributed by atoms with van der Waals surface area (Å²) < 4.78 is 5.73. The Morgan fingerprint density at radius 1 is 1.62 bits per heavy atom. The quantitative estimate of drug-likeness (QED) is 0.855. The summed E-state index contributed by atoms with van der Waals surface area (Å²) in [5.74, 6) is 5.31. The Morgan fingerprint density at radius 2 is 2.56 bits per heavy atom. The molecule has 1 aliphatic rings. The van der Waals surface area contributed by atoms with E-state index in [1.54, 1.807) is 0 Å². The van der Waals surface area contributed by atoms with Crippen molar-refractivity contribution in [1.82, 2.24) is 10.3 Å². The van der Waals surface area contributed by atoms with Crippen LogP contribution in [0.25, 0.3) is 0 Å². The predicted molar refractivity (Wildman–Crippen MR) is 67.9 cm³/mol. The molecule has 0 aliphatic carbocycles. The molecule has 2 heterocycles. The molecule has 1 unspecified atom stereocenters. The normalized spacial score (nSPS) is 21.2. The second-order valence-electron chi connectivity index (χ2n) is 4.36. The van der Waals surface area contributed by atoms with Crippen molar-refractivity contribution in [2.24, 2.45) is 5.92 Å². The highest BCUT2D eigenvalue weighted by Crippen LogP contribution is 2.25. The van der Waals surface area contributed by atoms with Crippen LogP contribution in [0.15, 0.2) is 10.6 Å². The van der Waals surface area contributed by atoms with Crippen LogP contribution in [0.4, 0.5) is 0 Å². The van der Waals surface area contributed by atoms with Gasteiger partial charge in [0.25, 0.3) is 0 Å². The zero-order chi connectivity index (χ0) is 11.2. The van der Waals surface area contributed by atoms with Crippen LogP contribution in [0.2, 0.25) is 0 Å². The molecule has 1 N–H and O–H groups in total. The van der Waals surface area contributed by atoms with E-state index in [0.29, 0.717) is 0 Å². The van der Waals surface area contributed by atoms with Gasteiger partial charge < -0.3 is 9.73 Å². The molecule has 1 atom stereocenters. The third kappa shape index (κ3) is 3.52. The van der Waals surface area contributed by atoms with Crippen LogP contribution in [0.5, 0.6) is 0 Å². The van der Waals surface area contributed by atoms with E-state index in [1.807, 2.05) is 13.2 Å². The van der Waals surface area contributed by atoms with Crippen LogP contribution in [-0.2, 0) is 12.8 Å². The van der Waals surface area contributed by atoms with Gasteiger partial charge in [0.15, 0.2) is 5.89 Å². The molecule has 16 heavy (non-hydrogen) atoms. The molecule has 0 spiro atoms. The zero-order valence-corrected chi connectivity index (χ0v) is 10.7. The Balaban J connectivity index is 1.81. The summed E-state index contributed by atoms with van der Waals surface area (Å²) in [5.41, 5.74) is 0. The van der Waals surface area contributed by atoms with Crippen molar-refractivity contribution < 1.29 is 4.42 Å². The van der Waals surface area contributed by atoms with Gasteiger partial charge in [-0.1, -0.05) is 0 Å². The zero-order valence-electron chi connectivity index (χ0n) is 9.87. The lowest BCUT2D eigenvalue weighted by Crippen LogP contribution is -2.13. The van der Waals surface area contributed by atoms with Gasteiger partial charge >= 0.3 is 0 Å². The van der Waals surface area contributed by atoms with Gasteiger partial charge in [0, 0.05) is 19.4 Å². The van der Waals surface area contributed by atoms with Gasteiger partial charge in [0.1, 0.15) is 5.76 Å². The number of oxazole rings is 1. The summed E-state index contributed by atoms with van der Waals surface area (Å²) in [4.78, 5) is 4.36. The van der Waals surface area contributed by atoms with E-state index in [4.69, 9.17) is 4.42 Å². The Bertz CT molecular complexity index is 308. The summed E-state index contributed by atoms with van der Waals surface area (Å²) in [6, 6.07) is 0. The van der Waals surface area contributed by atoms with E-state index in [-0.39, 0.29) is 0 Å². The first-order valence-corrected chi connectivity index (χ1v) is 7.20. The third-order valence-corrected chi connectivity index (χ3v) is 4.23. The molecule has 1 aliphatic heterocycles. The van der Waals surface area contributed by atoms with Gasteiger partial charge in [-0.05, 0) is 37.3 Å². The first-order chi connectivity index (χ1) is 7.88. The molecule has 4 heteroatoms. The minimum absolute atomic E-state index is 0.773. The van der Waals surface area contributed by atoms with Crippen molar-refractivity contribution in [3.8, 4) is 0 Å². The molecule has 0 amide bonds. The highest BCUT2D eigenvalue weighted by atomic mass is 32.2. The van der Waals surface area contributed by atoms with E-state index in [0.717, 1.165) is 37.0 Å². The molecule has 90 valence electrons. The van der Waals surface area contributed by atoms with Crippen molar-refractivity contribution in [1.29, 1.82) is 0 Å². The molecule has 0 radical (unpaired) electrons. The molecule has 1 aromatic rings. The van der Waals surface area contributed by atoms with Gasteiger partial charge in [-0.3, -0.25) is 0 Å². The maximum Gasteiger partial charge on any atom is 0.194 e. The summed E-state index contributed by atoms with van der Waals surface area (Å²) in [5, 5.41) is 3.12.